The summed E-state index contributed by atoms with van der Waals surface area (Å²) in [4.78, 5) is 0. The molecule has 2 aromatic rings. The smallest absolute Gasteiger partial charge is 0.165 e. The molecule has 0 saturated carbocycles. The van der Waals surface area contributed by atoms with Crippen molar-refractivity contribution in [2.75, 3.05) is 7.11 Å². The van der Waals surface area contributed by atoms with Gasteiger partial charge >= 0.3 is 0 Å². The van der Waals surface area contributed by atoms with E-state index in [1.54, 1.807) is 18.2 Å². The molecule has 0 aromatic heterocycles. The lowest BCUT2D eigenvalue weighted by molar-refractivity contribution is 0.281. The number of halogens is 2. The Morgan fingerprint density at radius 2 is 1.85 bits per heavy atom. The number of para-hydroxylation sites is 1. The SMILES string of the molecule is COc1ccc(COc2c(F)cccc2CN)c(F)c1. The molecule has 0 radical (unpaired) electrons. The molecule has 0 aliphatic carbocycles. The van der Waals surface area contributed by atoms with Crippen LogP contribution in [0, 0.1) is 11.6 Å². The fourth-order valence-corrected chi connectivity index (χ4v) is 1.80. The molecule has 0 bridgehead atoms. The number of ether oxygens (including phenoxy) is 2. The summed E-state index contributed by atoms with van der Waals surface area (Å²) in [5, 5.41) is 0. The Morgan fingerprint density at radius 1 is 1.05 bits per heavy atom. The average molecular weight is 279 g/mol. The third-order valence-electron chi connectivity index (χ3n) is 2.90. The first-order valence-corrected chi connectivity index (χ1v) is 6.08. The lowest BCUT2D eigenvalue weighted by Gasteiger charge is -2.12. The molecule has 0 heterocycles. The third kappa shape index (κ3) is 3.05. The van der Waals surface area contributed by atoms with Gasteiger partial charge in [0.1, 0.15) is 18.2 Å². The molecular weight excluding hydrogens is 264 g/mol. The molecule has 0 saturated heterocycles. The Hall–Kier alpha value is -2.14. The Labute approximate surface area is 115 Å². The molecule has 0 spiro atoms. The van der Waals surface area contributed by atoms with E-state index in [0.29, 0.717) is 16.9 Å². The van der Waals surface area contributed by atoms with Crippen LogP contribution < -0.4 is 15.2 Å². The molecule has 0 atom stereocenters. The molecule has 0 aliphatic heterocycles. The van der Waals surface area contributed by atoms with Gasteiger partial charge in [0.25, 0.3) is 0 Å². The maximum atomic E-state index is 13.7. The minimum absolute atomic E-state index is 0.0604. The highest BCUT2D eigenvalue weighted by Gasteiger charge is 2.11. The first kappa shape index (κ1) is 14.3. The van der Waals surface area contributed by atoms with Crippen LogP contribution in [0.15, 0.2) is 36.4 Å². The fourth-order valence-electron chi connectivity index (χ4n) is 1.80. The number of rotatable bonds is 5. The second-order valence-corrected chi connectivity index (χ2v) is 4.18. The highest BCUT2D eigenvalue weighted by Crippen LogP contribution is 2.24. The summed E-state index contributed by atoms with van der Waals surface area (Å²) in [5.74, 6) is -0.498. The van der Waals surface area contributed by atoms with Crippen molar-refractivity contribution in [1.29, 1.82) is 0 Å². The molecule has 20 heavy (non-hydrogen) atoms. The minimum Gasteiger partial charge on any atom is -0.497 e. The van der Waals surface area contributed by atoms with E-state index in [1.807, 2.05) is 0 Å². The van der Waals surface area contributed by atoms with Gasteiger partial charge in [-0.15, -0.1) is 0 Å². The van der Waals surface area contributed by atoms with Crippen molar-refractivity contribution in [3.63, 3.8) is 0 Å². The van der Waals surface area contributed by atoms with Gasteiger partial charge in [-0.25, -0.2) is 8.78 Å². The van der Waals surface area contributed by atoms with E-state index >= 15 is 0 Å². The lowest BCUT2D eigenvalue weighted by Crippen LogP contribution is -2.05. The van der Waals surface area contributed by atoms with Crippen LogP contribution >= 0.6 is 0 Å². The minimum atomic E-state index is -0.512. The highest BCUT2D eigenvalue weighted by atomic mass is 19.1. The zero-order valence-corrected chi connectivity index (χ0v) is 11.0. The van der Waals surface area contributed by atoms with Crippen molar-refractivity contribution in [1.82, 2.24) is 0 Å². The molecule has 5 heteroatoms. The van der Waals surface area contributed by atoms with Gasteiger partial charge in [-0.1, -0.05) is 12.1 Å². The van der Waals surface area contributed by atoms with Crippen molar-refractivity contribution in [3.05, 3.63) is 59.2 Å². The summed E-state index contributed by atoms with van der Waals surface area (Å²) in [6.45, 7) is 0.0714. The summed E-state index contributed by atoms with van der Waals surface area (Å²) in [5.41, 5.74) is 6.38. The van der Waals surface area contributed by atoms with Crippen molar-refractivity contribution < 1.29 is 18.3 Å². The molecule has 0 aliphatic rings. The standard InChI is InChI=1S/C15H15F2NO2/c1-19-12-6-5-11(14(17)7-12)9-20-15-10(8-18)3-2-4-13(15)16/h2-7H,8-9,18H2,1H3. The average Bonchev–Trinajstić information content (AvgIpc) is 2.46. The zero-order valence-electron chi connectivity index (χ0n) is 11.0. The predicted octanol–water partition coefficient (Wildman–Crippen LogP) is 3.01. The van der Waals surface area contributed by atoms with Gasteiger partial charge in [0, 0.05) is 23.7 Å². The third-order valence-corrected chi connectivity index (χ3v) is 2.90. The van der Waals surface area contributed by atoms with Crippen molar-refractivity contribution in [2.45, 2.75) is 13.2 Å². The van der Waals surface area contributed by atoms with Crippen LogP contribution in [0.2, 0.25) is 0 Å². The van der Waals surface area contributed by atoms with Crippen LogP contribution in [0.4, 0.5) is 8.78 Å². The van der Waals surface area contributed by atoms with Crippen LogP contribution in [0.5, 0.6) is 11.5 Å². The van der Waals surface area contributed by atoms with Gasteiger partial charge in [-0.3, -0.25) is 0 Å². The van der Waals surface area contributed by atoms with E-state index in [9.17, 15) is 8.78 Å². The van der Waals surface area contributed by atoms with Gasteiger partial charge in [-0.05, 0) is 18.2 Å². The number of benzene rings is 2. The van der Waals surface area contributed by atoms with Gasteiger partial charge in [0.2, 0.25) is 0 Å². The largest absolute Gasteiger partial charge is 0.497 e. The number of methoxy groups -OCH3 is 1. The molecule has 106 valence electrons. The molecule has 0 fully saturated rings. The predicted molar refractivity (Wildman–Crippen MR) is 71.6 cm³/mol. The van der Waals surface area contributed by atoms with Gasteiger partial charge in [-0.2, -0.15) is 0 Å². The second-order valence-electron chi connectivity index (χ2n) is 4.18. The summed E-state index contributed by atoms with van der Waals surface area (Å²) in [7, 11) is 1.46. The Balaban J connectivity index is 2.17. The topological polar surface area (TPSA) is 44.5 Å². The first-order valence-electron chi connectivity index (χ1n) is 6.08. The number of hydrogen-bond acceptors (Lipinski definition) is 3. The van der Waals surface area contributed by atoms with Crippen LogP contribution in [-0.4, -0.2) is 7.11 Å². The molecule has 2 rings (SSSR count). The second kappa shape index (κ2) is 6.34. The fraction of sp³-hybridized carbons (Fsp3) is 0.200. The summed E-state index contributed by atoms with van der Waals surface area (Å²) in [6.07, 6.45) is 0. The zero-order chi connectivity index (χ0) is 14.5. The monoisotopic (exact) mass is 279 g/mol. The molecule has 2 aromatic carbocycles. The number of hydrogen-bond donors (Lipinski definition) is 1. The Morgan fingerprint density at radius 3 is 2.50 bits per heavy atom. The van der Waals surface area contributed by atoms with Crippen molar-refractivity contribution in [2.24, 2.45) is 5.73 Å². The maximum absolute atomic E-state index is 13.7. The van der Waals surface area contributed by atoms with Crippen LogP contribution in [0.3, 0.4) is 0 Å². The lowest BCUT2D eigenvalue weighted by atomic mass is 10.2. The van der Waals surface area contributed by atoms with Gasteiger partial charge in [0.15, 0.2) is 11.6 Å². The Kier molecular flexibility index (Phi) is 4.53. The van der Waals surface area contributed by atoms with Crippen molar-refractivity contribution >= 4 is 0 Å². The number of nitrogens with two attached hydrogens (primary N) is 1. The first-order chi connectivity index (χ1) is 9.65. The summed E-state index contributed by atoms with van der Waals surface area (Å²) < 4.78 is 37.7. The molecule has 3 nitrogen and oxygen atoms in total. The van der Waals surface area contributed by atoms with E-state index in [2.05, 4.69) is 0 Å². The quantitative estimate of drug-likeness (QED) is 0.915. The summed E-state index contributed by atoms with van der Waals surface area (Å²) in [6, 6.07) is 8.91. The molecule has 0 unspecified atom stereocenters. The van der Waals surface area contributed by atoms with E-state index in [-0.39, 0.29) is 18.9 Å². The normalized spacial score (nSPS) is 10.4. The highest BCUT2D eigenvalue weighted by molar-refractivity contribution is 5.35. The van der Waals surface area contributed by atoms with E-state index in [1.165, 1.54) is 25.3 Å². The van der Waals surface area contributed by atoms with Crippen molar-refractivity contribution in [3.8, 4) is 11.5 Å². The maximum Gasteiger partial charge on any atom is 0.165 e. The molecule has 2 N–H and O–H groups in total. The van der Waals surface area contributed by atoms with Crippen LogP contribution in [-0.2, 0) is 13.2 Å². The van der Waals surface area contributed by atoms with Crippen LogP contribution in [0.25, 0.3) is 0 Å². The van der Waals surface area contributed by atoms with Gasteiger partial charge in [0.05, 0.1) is 7.11 Å². The van der Waals surface area contributed by atoms with E-state index in [0.717, 1.165) is 0 Å². The van der Waals surface area contributed by atoms with Crippen LogP contribution in [0.1, 0.15) is 11.1 Å². The molecule has 0 amide bonds. The molecular formula is C15H15F2NO2. The van der Waals surface area contributed by atoms with E-state index in [4.69, 9.17) is 15.2 Å². The summed E-state index contributed by atoms with van der Waals surface area (Å²) >= 11 is 0. The van der Waals surface area contributed by atoms with Gasteiger partial charge < -0.3 is 15.2 Å². The van der Waals surface area contributed by atoms with E-state index < -0.39 is 11.6 Å². The Bertz CT molecular complexity index is 602.